The molecule has 0 saturated carbocycles. The molecule has 6 heteroatoms. The molecule has 1 aromatic rings. The van der Waals surface area contributed by atoms with Crippen molar-refractivity contribution in [1.29, 1.82) is 0 Å². The van der Waals surface area contributed by atoms with Crippen LogP contribution in [0.2, 0.25) is 0 Å². The molecule has 116 valence electrons. The van der Waals surface area contributed by atoms with Crippen molar-refractivity contribution in [3.05, 3.63) is 29.3 Å². The number of sulfonamides is 1. The van der Waals surface area contributed by atoms with Crippen molar-refractivity contribution in [3.8, 4) is 0 Å². The third-order valence-corrected chi connectivity index (χ3v) is 5.79. The molecule has 1 aromatic carbocycles. The van der Waals surface area contributed by atoms with E-state index in [9.17, 15) is 13.2 Å². The average Bonchev–Trinajstić information content (AvgIpc) is 2.41. The van der Waals surface area contributed by atoms with Crippen LogP contribution in [0.3, 0.4) is 0 Å². The summed E-state index contributed by atoms with van der Waals surface area (Å²) < 4.78 is 25.1. The number of rotatable bonds is 4. The first-order chi connectivity index (χ1) is 9.88. The molecular weight excluding hydrogens is 288 g/mol. The molecule has 0 unspecified atom stereocenters. The lowest BCUT2D eigenvalue weighted by Crippen LogP contribution is -2.39. The van der Waals surface area contributed by atoms with Crippen LogP contribution in [-0.2, 0) is 14.8 Å². The van der Waals surface area contributed by atoms with Gasteiger partial charge in [0.25, 0.3) is 0 Å². The van der Waals surface area contributed by atoms with Gasteiger partial charge in [0.1, 0.15) is 0 Å². The van der Waals surface area contributed by atoms with Gasteiger partial charge in [-0.2, -0.15) is 0 Å². The summed E-state index contributed by atoms with van der Waals surface area (Å²) in [6.07, 6.45) is 1.78. The molecule has 0 radical (unpaired) electrons. The minimum atomic E-state index is -3.15. The van der Waals surface area contributed by atoms with E-state index in [4.69, 9.17) is 0 Å². The summed E-state index contributed by atoms with van der Waals surface area (Å²) in [4.78, 5) is 11.9. The Morgan fingerprint density at radius 2 is 2.00 bits per heavy atom. The fourth-order valence-corrected chi connectivity index (χ4v) is 3.96. The second-order valence-corrected chi connectivity index (χ2v) is 7.61. The highest BCUT2D eigenvalue weighted by molar-refractivity contribution is 7.89. The quantitative estimate of drug-likeness (QED) is 0.925. The van der Waals surface area contributed by atoms with Gasteiger partial charge in [0.05, 0.1) is 5.75 Å². The second kappa shape index (κ2) is 6.58. The first-order valence-corrected chi connectivity index (χ1v) is 8.84. The van der Waals surface area contributed by atoms with Gasteiger partial charge < -0.3 is 5.32 Å². The SMILES string of the molecule is Cc1ccc(NC(=O)CCN2CCCCS2(=O)=O)cc1C. The predicted molar refractivity (Wildman–Crippen MR) is 83.8 cm³/mol. The maximum absolute atomic E-state index is 11.9. The maximum atomic E-state index is 11.9. The number of hydrogen-bond donors (Lipinski definition) is 1. The van der Waals surface area contributed by atoms with E-state index in [0.717, 1.165) is 17.7 Å². The van der Waals surface area contributed by atoms with E-state index in [1.165, 1.54) is 9.87 Å². The lowest BCUT2D eigenvalue weighted by molar-refractivity contribution is -0.116. The monoisotopic (exact) mass is 310 g/mol. The standard InChI is InChI=1S/C15H22N2O3S/c1-12-5-6-14(11-13(12)2)16-15(18)7-9-17-8-3-4-10-21(17,19)20/h5-6,11H,3-4,7-10H2,1-2H3,(H,16,18). The van der Waals surface area contributed by atoms with E-state index in [0.29, 0.717) is 13.0 Å². The Morgan fingerprint density at radius 1 is 1.24 bits per heavy atom. The molecule has 1 N–H and O–H groups in total. The third-order valence-electron chi connectivity index (χ3n) is 3.83. The largest absolute Gasteiger partial charge is 0.326 e. The second-order valence-electron chi connectivity index (χ2n) is 5.52. The van der Waals surface area contributed by atoms with Crippen molar-refractivity contribution in [2.45, 2.75) is 33.1 Å². The normalized spacial score (nSPS) is 18.4. The minimum Gasteiger partial charge on any atom is -0.326 e. The number of nitrogens with one attached hydrogen (secondary N) is 1. The van der Waals surface area contributed by atoms with Gasteiger partial charge in [0.15, 0.2) is 0 Å². The van der Waals surface area contributed by atoms with E-state index in [1.54, 1.807) is 0 Å². The Morgan fingerprint density at radius 3 is 2.67 bits per heavy atom. The van der Waals surface area contributed by atoms with Crippen molar-refractivity contribution in [3.63, 3.8) is 0 Å². The van der Waals surface area contributed by atoms with Crippen LogP contribution in [-0.4, -0.2) is 37.5 Å². The molecule has 1 amide bonds. The number of amides is 1. The Hall–Kier alpha value is -1.40. The molecule has 5 nitrogen and oxygen atoms in total. The summed E-state index contributed by atoms with van der Waals surface area (Å²) in [6.45, 7) is 4.80. The summed E-state index contributed by atoms with van der Waals surface area (Å²) >= 11 is 0. The molecular formula is C15H22N2O3S. The molecule has 0 bridgehead atoms. The first-order valence-electron chi connectivity index (χ1n) is 7.23. The molecule has 0 aromatic heterocycles. The van der Waals surface area contributed by atoms with Crippen LogP contribution in [0.15, 0.2) is 18.2 Å². The van der Waals surface area contributed by atoms with Crippen molar-refractivity contribution in [2.24, 2.45) is 0 Å². The van der Waals surface area contributed by atoms with Gasteiger partial charge in [-0.15, -0.1) is 0 Å². The van der Waals surface area contributed by atoms with Gasteiger partial charge >= 0.3 is 0 Å². The Bertz CT molecular complexity index is 626. The molecule has 1 saturated heterocycles. The van der Waals surface area contributed by atoms with Gasteiger partial charge in [-0.05, 0) is 49.9 Å². The van der Waals surface area contributed by atoms with Crippen LogP contribution in [0.5, 0.6) is 0 Å². The van der Waals surface area contributed by atoms with Crippen LogP contribution in [0, 0.1) is 13.8 Å². The molecule has 1 aliphatic rings. The van der Waals surface area contributed by atoms with Gasteiger partial charge in [-0.1, -0.05) is 6.07 Å². The smallest absolute Gasteiger partial charge is 0.225 e. The van der Waals surface area contributed by atoms with Crippen LogP contribution in [0.25, 0.3) is 0 Å². The fourth-order valence-electron chi connectivity index (χ4n) is 2.36. The molecule has 1 aliphatic heterocycles. The van der Waals surface area contributed by atoms with Gasteiger partial charge in [-0.25, -0.2) is 12.7 Å². The lowest BCUT2D eigenvalue weighted by atomic mass is 10.1. The van der Waals surface area contributed by atoms with Gasteiger partial charge in [-0.3, -0.25) is 4.79 Å². The predicted octanol–water partition coefficient (Wildman–Crippen LogP) is 2.06. The van der Waals surface area contributed by atoms with Crippen LogP contribution < -0.4 is 5.32 Å². The Balaban J connectivity index is 1.88. The van der Waals surface area contributed by atoms with E-state index in [2.05, 4.69) is 5.32 Å². The maximum Gasteiger partial charge on any atom is 0.225 e. The number of carbonyl (C=O) groups excluding carboxylic acids is 1. The van der Waals surface area contributed by atoms with Crippen LogP contribution in [0.4, 0.5) is 5.69 Å². The first kappa shape index (κ1) is 16.0. The molecule has 1 heterocycles. The van der Waals surface area contributed by atoms with Crippen molar-refractivity contribution < 1.29 is 13.2 Å². The average molecular weight is 310 g/mol. The molecule has 2 rings (SSSR count). The fraction of sp³-hybridized carbons (Fsp3) is 0.533. The molecule has 21 heavy (non-hydrogen) atoms. The molecule has 1 fully saturated rings. The van der Waals surface area contributed by atoms with Crippen molar-refractivity contribution in [2.75, 3.05) is 24.2 Å². The topological polar surface area (TPSA) is 66.5 Å². The number of benzene rings is 1. The number of nitrogens with zero attached hydrogens (tertiary/aromatic N) is 1. The van der Waals surface area contributed by atoms with Crippen molar-refractivity contribution in [1.82, 2.24) is 4.31 Å². The highest BCUT2D eigenvalue weighted by Crippen LogP contribution is 2.16. The van der Waals surface area contributed by atoms with Crippen LogP contribution in [0.1, 0.15) is 30.4 Å². The summed E-state index contributed by atoms with van der Waals surface area (Å²) in [5, 5.41) is 2.82. The highest BCUT2D eigenvalue weighted by atomic mass is 32.2. The zero-order valence-electron chi connectivity index (χ0n) is 12.6. The summed E-state index contributed by atoms with van der Waals surface area (Å²) in [5.74, 6) is 0.0465. The van der Waals surface area contributed by atoms with Gasteiger partial charge in [0.2, 0.25) is 15.9 Å². The van der Waals surface area contributed by atoms with Gasteiger partial charge in [0, 0.05) is 25.2 Å². The molecule has 0 spiro atoms. The zero-order chi connectivity index (χ0) is 15.5. The lowest BCUT2D eigenvalue weighted by Gasteiger charge is -2.25. The summed E-state index contributed by atoms with van der Waals surface area (Å²) in [6, 6.07) is 5.74. The third kappa shape index (κ3) is 4.28. The van der Waals surface area contributed by atoms with Crippen molar-refractivity contribution >= 4 is 21.6 Å². The van der Waals surface area contributed by atoms with E-state index in [-0.39, 0.29) is 24.6 Å². The van der Waals surface area contributed by atoms with E-state index >= 15 is 0 Å². The number of anilines is 1. The summed E-state index contributed by atoms with van der Waals surface area (Å²) in [5.41, 5.74) is 3.04. The Labute approximate surface area is 126 Å². The molecule has 0 aliphatic carbocycles. The zero-order valence-corrected chi connectivity index (χ0v) is 13.4. The highest BCUT2D eigenvalue weighted by Gasteiger charge is 2.25. The number of hydrogen-bond acceptors (Lipinski definition) is 3. The van der Waals surface area contributed by atoms with E-state index < -0.39 is 10.0 Å². The number of aryl methyl sites for hydroxylation is 2. The number of carbonyl (C=O) groups is 1. The summed E-state index contributed by atoms with van der Waals surface area (Å²) in [7, 11) is -3.15. The van der Waals surface area contributed by atoms with E-state index in [1.807, 2.05) is 32.0 Å². The van der Waals surface area contributed by atoms with Crippen LogP contribution >= 0.6 is 0 Å². The minimum absolute atomic E-state index is 0.154. The molecule has 0 atom stereocenters. The Kier molecular flexibility index (Phi) is 5.00.